The summed E-state index contributed by atoms with van der Waals surface area (Å²) in [7, 11) is -1.95. The van der Waals surface area contributed by atoms with Crippen molar-refractivity contribution >= 4 is 15.7 Å². The predicted molar refractivity (Wildman–Crippen MR) is 142 cm³/mol. The first-order chi connectivity index (χ1) is 17.4. The van der Waals surface area contributed by atoms with E-state index in [1.54, 1.807) is 0 Å². The molecule has 3 aliphatic rings. The maximum Gasteiger partial charge on any atom is 0.257 e. The Labute approximate surface area is 214 Å². The summed E-state index contributed by atoms with van der Waals surface area (Å²) in [6.07, 6.45) is 7.24. The minimum Gasteiger partial charge on any atom is -0.371 e. The minimum atomic E-state index is -3.80. The fraction of sp³-hybridized carbons (Fsp3) is 0.464. The molecule has 36 heavy (non-hydrogen) atoms. The Balaban J connectivity index is 1.27. The quantitative estimate of drug-likeness (QED) is 0.555. The molecule has 1 aliphatic carbocycles. The lowest BCUT2D eigenvalue weighted by atomic mass is 9.74. The molecule has 8 heteroatoms. The number of nitrogens with two attached hydrogens (primary N) is 1. The van der Waals surface area contributed by atoms with E-state index in [0.29, 0.717) is 12.0 Å². The second-order valence-electron chi connectivity index (χ2n) is 10.7. The molecule has 3 atom stereocenters. The van der Waals surface area contributed by atoms with Crippen LogP contribution in [0, 0.1) is 0 Å². The largest absolute Gasteiger partial charge is 0.371 e. The Morgan fingerprint density at radius 2 is 1.86 bits per heavy atom. The van der Waals surface area contributed by atoms with Crippen LogP contribution in [0.5, 0.6) is 0 Å². The van der Waals surface area contributed by atoms with Gasteiger partial charge in [-0.15, -0.1) is 0 Å². The lowest BCUT2D eigenvalue weighted by Crippen LogP contribution is -2.49. The number of aryl methyl sites for hydroxylation is 2. The third-order valence-electron chi connectivity index (χ3n) is 8.46. The summed E-state index contributed by atoms with van der Waals surface area (Å²) in [5, 5.41) is 5.27. The Bertz CT molecular complexity index is 1350. The van der Waals surface area contributed by atoms with Crippen LogP contribution >= 0.6 is 0 Å². The Hall–Kier alpha value is -2.68. The van der Waals surface area contributed by atoms with Crippen LogP contribution in [0.3, 0.4) is 0 Å². The average molecular weight is 506 g/mol. The summed E-state index contributed by atoms with van der Waals surface area (Å²) >= 11 is 0. The fourth-order valence-electron chi connectivity index (χ4n) is 6.46. The highest BCUT2D eigenvalue weighted by atomic mass is 32.2. The number of primary sulfonamides is 1. The number of imidazole rings is 1. The van der Waals surface area contributed by atoms with Crippen molar-refractivity contribution in [3.8, 4) is 0 Å². The van der Waals surface area contributed by atoms with Gasteiger partial charge in [0.2, 0.25) is 0 Å². The van der Waals surface area contributed by atoms with Crippen LogP contribution in [0.25, 0.3) is 0 Å². The summed E-state index contributed by atoms with van der Waals surface area (Å²) < 4.78 is 25.4. The number of anilines is 1. The molecule has 0 radical (unpaired) electrons. The zero-order chi connectivity index (χ0) is 24.9. The maximum absolute atomic E-state index is 11.8. The molecule has 6 rings (SSSR count). The van der Waals surface area contributed by atoms with E-state index in [4.69, 9.17) is 5.14 Å². The van der Waals surface area contributed by atoms with Gasteiger partial charge in [-0.1, -0.05) is 36.4 Å². The molecule has 2 aliphatic heterocycles. The van der Waals surface area contributed by atoms with Crippen molar-refractivity contribution in [1.82, 2.24) is 14.5 Å². The molecule has 0 unspecified atom stereocenters. The first kappa shape index (κ1) is 23.7. The van der Waals surface area contributed by atoms with Crippen molar-refractivity contribution in [3.05, 3.63) is 77.2 Å². The first-order valence-electron chi connectivity index (χ1n) is 13.1. The minimum absolute atomic E-state index is 0.0481. The summed E-state index contributed by atoms with van der Waals surface area (Å²) in [5.74, 6) is 1.47. The number of fused-ring (bicyclic) bond motifs is 1. The molecule has 3 aromatic rings. The van der Waals surface area contributed by atoms with Gasteiger partial charge in [0.05, 0.1) is 0 Å². The Kier molecular flexibility index (Phi) is 6.14. The third kappa shape index (κ3) is 4.46. The molecule has 2 saturated heterocycles. The van der Waals surface area contributed by atoms with Crippen LogP contribution in [0.15, 0.2) is 59.8 Å². The van der Waals surface area contributed by atoms with E-state index in [2.05, 4.69) is 63.3 Å². The summed E-state index contributed by atoms with van der Waals surface area (Å²) in [6, 6.07) is 18.6. The van der Waals surface area contributed by atoms with Gasteiger partial charge in [0.1, 0.15) is 5.82 Å². The Morgan fingerprint density at radius 1 is 1.06 bits per heavy atom. The lowest BCUT2D eigenvalue weighted by Gasteiger charge is -2.46. The predicted octanol–water partition coefficient (Wildman–Crippen LogP) is 3.41. The molecular weight excluding hydrogens is 470 g/mol. The lowest BCUT2D eigenvalue weighted by molar-refractivity contribution is 0.0877. The standard InChI is InChI=1S/C28H35N5O2S/c1-31-19-27(36(29,34)35)30-28(31)22-12-15-33(18-22)23-10-8-21-9-11-26(32-13-5-14-32)25(24(21)17-23)16-20-6-3-2-4-7-20/h2-4,6-8,10,17,19,22,25-26H,5,9,11-16,18H2,1H3,(H2,29,34,35)/t22-,25-,26+/m1/s1. The number of rotatable bonds is 6. The van der Waals surface area contributed by atoms with Gasteiger partial charge in [-0.05, 0) is 74.0 Å². The normalized spacial score (nSPS) is 24.5. The number of hydrogen-bond acceptors (Lipinski definition) is 5. The average Bonchev–Trinajstić information content (AvgIpc) is 3.46. The van der Waals surface area contributed by atoms with Crippen LogP contribution in [0.2, 0.25) is 0 Å². The highest BCUT2D eigenvalue weighted by molar-refractivity contribution is 7.89. The van der Waals surface area contributed by atoms with E-state index in [9.17, 15) is 8.42 Å². The van der Waals surface area contributed by atoms with Crippen molar-refractivity contribution < 1.29 is 8.42 Å². The number of benzene rings is 2. The van der Waals surface area contributed by atoms with Crippen molar-refractivity contribution in [1.29, 1.82) is 0 Å². The summed E-state index contributed by atoms with van der Waals surface area (Å²) in [6.45, 7) is 4.21. The highest BCUT2D eigenvalue weighted by Crippen LogP contribution is 2.41. The molecule has 190 valence electrons. The van der Waals surface area contributed by atoms with E-state index >= 15 is 0 Å². The SMILES string of the molecule is Cn1cc(S(N)(=O)=O)nc1[C@@H]1CCN(c2ccc3c(c2)[C@@H](Cc2ccccc2)[C@@H](N2CCC2)CC3)C1. The first-order valence-corrected chi connectivity index (χ1v) is 14.6. The van der Waals surface area contributed by atoms with Crippen molar-refractivity contribution in [2.75, 3.05) is 31.1 Å². The van der Waals surface area contributed by atoms with Crippen molar-refractivity contribution in [2.45, 2.75) is 55.0 Å². The monoisotopic (exact) mass is 505 g/mol. The zero-order valence-electron chi connectivity index (χ0n) is 20.9. The van der Waals surface area contributed by atoms with Crippen LogP contribution < -0.4 is 10.0 Å². The summed E-state index contributed by atoms with van der Waals surface area (Å²) in [5.41, 5.74) is 5.68. The van der Waals surface area contributed by atoms with Gasteiger partial charge < -0.3 is 9.47 Å². The molecule has 2 aromatic carbocycles. The van der Waals surface area contributed by atoms with Crippen molar-refractivity contribution in [3.63, 3.8) is 0 Å². The molecule has 2 N–H and O–H groups in total. The maximum atomic E-state index is 11.8. The molecule has 3 heterocycles. The van der Waals surface area contributed by atoms with Crippen LogP contribution in [0.4, 0.5) is 5.69 Å². The molecule has 7 nitrogen and oxygen atoms in total. The molecule has 2 fully saturated rings. The molecule has 0 spiro atoms. The number of hydrogen-bond donors (Lipinski definition) is 1. The Morgan fingerprint density at radius 3 is 2.56 bits per heavy atom. The van der Waals surface area contributed by atoms with E-state index < -0.39 is 10.0 Å². The van der Waals surface area contributed by atoms with E-state index in [-0.39, 0.29) is 10.9 Å². The summed E-state index contributed by atoms with van der Waals surface area (Å²) in [4.78, 5) is 9.51. The van der Waals surface area contributed by atoms with E-state index in [0.717, 1.165) is 38.2 Å². The number of nitrogens with zero attached hydrogens (tertiary/aromatic N) is 4. The van der Waals surface area contributed by atoms with Gasteiger partial charge in [-0.25, -0.2) is 18.5 Å². The number of aromatic nitrogens is 2. The molecule has 0 amide bonds. The van der Waals surface area contributed by atoms with Gasteiger partial charge in [0.25, 0.3) is 10.0 Å². The molecule has 1 aromatic heterocycles. The van der Waals surface area contributed by atoms with Gasteiger partial charge >= 0.3 is 0 Å². The van der Waals surface area contributed by atoms with Gasteiger partial charge in [0, 0.05) is 49.9 Å². The molecule has 0 bridgehead atoms. The third-order valence-corrected chi connectivity index (χ3v) is 9.24. The van der Waals surface area contributed by atoms with Crippen LogP contribution in [-0.2, 0) is 29.9 Å². The van der Waals surface area contributed by atoms with Crippen molar-refractivity contribution in [2.24, 2.45) is 12.2 Å². The molecule has 0 saturated carbocycles. The number of sulfonamides is 1. The zero-order valence-corrected chi connectivity index (χ0v) is 21.7. The highest BCUT2D eigenvalue weighted by Gasteiger charge is 2.36. The smallest absolute Gasteiger partial charge is 0.257 e. The number of likely N-dealkylation sites (tertiary alicyclic amines) is 1. The topological polar surface area (TPSA) is 84.5 Å². The second kappa shape index (κ2) is 9.32. The molecular formula is C28H35N5O2S. The van der Waals surface area contributed by atoms with Gasteiger partial charge in [0.15, 0.2) is 5.03 Å². The van der Waals surface area contributed by atoms with Gasteiger partial charge in [-0.2, -0.15) is 0 Å². The fourth-order valence-corrected chi connectivity index (χ4v) is 6.99. The van der Waals surface area contributed by atoms with Crippen LogP contribution in [-0.4, -0.2) is 55.1 Å². The second-order valence-corrected chi connectivity index (χ2v) is 12.2. The van der Waals surface area contributed by atoms with Gasteiger partial charge in [-0.3, -0.25) is 4.90 Å². The van der Waals surface area contributed by atoms with Crippen LogP contribution in [0.1, 0.15) is 53.6 Å². The van der Waals surface area contributed by atoms with E-state index in [1.807, 2.05) is 11.6 Å². The van der Waals surface area contributed by atoms with E-state index in [1.165, 1.54) is 54.5 Å².